The summed E-state index contributed by atoms with van der Waals surface area (Å²) < 4.78 is 22.9. The number of pyridine rings is 1. The van der Waals surface area contributed by atoms with Gasteiger partial charge >= 0.3 is 0 Å². The van der Waals surface area contributed by atoms with Crippen molar-refractivity contribution in [2.45, 2.75) is 24.7 Å². The maximum Gasteiger partial charge on any atom is 0.270 e. The molecule has 1 unspecified atom stereocenters. The SMILES string of the molecule is COc1nc(C(C)C)c(Oc2cnc(N)nc2N)cc1[S+](C)[O-]. The van der Waals surface area contributed by atoms with Gasteiger partial charge in [-0.2, -0.15) is 4.98 Å². The summed E-state index contributed by atoms with van der Waals surface area (Å²) in [5.41, 5.74) is 11.9. The molecule has 0 aliphatic rings. The van der Waals surface area contributed by atoms with Gasteiger partial charge in [0.2, 0.25) is 10.8 Å². The van der Waals surface area contributed by atoms with Crippen LogP contribution in [0.3, 0.4) is 0 Å². The molecule has 1 atom stereocenters. The van der Waals surface area contributed by atoms with E-state index in [0.717, 1.165) is 0 Å². The lowest BCUT2D eigenvalue weighted by molar-refractivity contribution is 0.377. The lowest BCUT2D eigenvalue weighted by Gasteiger charge is -2.17. The van der Waals surface area contributed by atoms with Gasteiger partial charge in [0, 0.05) is 6.07 Å². The quantitative estimate of drug-likeness (QED) is 0.788. The molecule has 0 saturated heterocycles. The highest BCUT2D eigenvalue weighted by atomic mass is 32.2. The number of hydrogen-bond donors (Lipinski definition) is 2. The number of nitrogen functional groups attached to an aromatic ring is 2. The maximum atomic E-state index is 11.9. The summed E-state index contributed by atoms with van der Waals surface area (Å²) in [6, 6.07) is 1.63. The highest BCUT2D eigenvalue weighted by Crippen LogP contribution is 2.36. The molecule has 0 radical (unpaired) electrons. The summed E-state index contributed by atoms with van der Waals surface area (Å²) in [6.07, 6.45) is 2.92. The zero-order chi connectivity index (χ0) is 17.1. The van der Waals surface area contributed by atoms with Gasteiger partial charge in [0.15, 0.2) is 17.3 Å². The molecular formula is C14H19N5O3S. The molecule has 8 nitrogen and oxygen atoms in total. The summed E-state index contributed by atoms with van der Waals surface area (Å²) in [4.78, 5) is 12.5. The van der Waals surface area contributed by atoms with E-state index in [1.165, 1.54) is 13.3 Å². The van der Waals surface area contributed by atoms with E-state index in [4.69, 9.17) is 20.9 Å². The van der Waals surface area contributed by atoms with Crippen molar-refractivity contribution in [1.29, 1.82) is 0 Å². The van der Waals surface area contributed by atoms with Gasteiger partial charge < -0.3 is 25.5 Å². The van der Waals surface area contributed by atoms with Crippen LogP contribution < -0.4 is 20.9 Å². The molecule has 2 aromatic heterocycles. The van der Waals surface area contributed by atoms with E-state index in [1.807, 2.05) is 13.8 Å². The predicted molar refractivity (Wildman–Crippen MR) is 88.1 cm³/mol. The first-order chi connectivity index (χ1) is 10.8. The Morgan fingerprint density at radius 2 is 1.91 bits per heavy atom. The lowest BCUT2D eigenvalue weighted by atomic mass is 10.1. The Morgan fingerprint density at radius 3 is 2.43 bits per heavy atom. The van der Waals surface area contributed by atoms with Gasteiger partial charge in [-0.3, -0.25) is 0 Å². The molecule has 2 aromatic rings. The predicted octanol–water partition coefficient (Wildman–Crippen LogP) is 1.70. The first-order valence-corrected chi connectivity index (χ1v) is 8.37. The topological polar surface area (TPSA) is 132 Å². The van der Waals surface area contributed by atoms with E-state index < -0.39 is 11.2 Å². The van der Waals surface area contributed by atoms with Crippen LogP contribution in [0.1, 0.15) is 25.5 Å². The van der Waals surface area contributed by atoms with E-state index >= 15 is 0 Å². The summed E-state index contributed by atoms with van der Waals surface area (Å²) >= 11 is -1.29. The zero-order valence-electron chi connectivity index (χ0n) is 13.4. The molecule has 0 bridgehead atoms. The average Bonchev–Trinajstić information content (AvgIpc) is 2.49. The van der Waals surface area contributed by atoms with Gasteiger partial charge in [-0.25, -0.2) is 9.97 Å². The molecule has 9 heteroatoms. The third-order valence-corrected chi connectivity index (χ3v) is 3.93. The van der Waals surface area contributed by atoms with E-state index in [9.17, 15) is 4.55 Å². The second-order valence-electron chi connectivity index (χ2n) is 5.07. The van der Waals surface area contributed by atoms with Crippen molar-refractivity contribution in [3.8, 4) is 17.4 Å². The van der Waals surface area contributed by atoms with Gasteiger partial charge in [0.25, 0.3) is 5.88 Å². The van der Waals surface area contributed by atoms with E-state index in [0.29, 0.717) is 22.2 Å². The van der Waals surface area contributed by atoms with E-state index in [-0.39, 0.29) is 23.4 Å². The standard InChI is InChI=1S/C14H19N5O3S/c1-7(2)11-8(5-10(23(4)20)13(18-11)21-3)22-9-6-17-14(16)19-12(9)15/h5-7H,1-4H3,(H4,15,16,17,19). The van der Waals surface area contributed by atoms with Crippen LogP contribution in [-0.2, 0) is 11.2 Å². The lowest BCUT2D eigenvalue weighted by Crippen LogP contribution is -2.08. The number of methoxy groups -OCH3 is 1. The molecule has 0 amide bonds. The van der Waals surface area contributed by atoms with Crippen molar-refractivity contribution in [2.24, 2.45) is 0 Å². The van der Waals surface area contributed by atoms with Crippen LogP contribution in [0.5, 0.6) is 17.4 Å². The molecule has 4 N–H and O–H groups in total. The minimum absolute atomic E-state index is 0.0502. The Bertz CT molecular complexity index is 709. The average molecular weight is 337 g/mol. The van der Waals surface area contributed by atoms with Gasteiger partial charge in [-0.1, -0.05) is 13.8 Å². The minimum atomic E-state index is -1.29. The Morgan fingerprint density at radius 1 is 1.22 bits per heavy atom. The fourth-order valence-corrected chi connectivity index (χ4v) is 2.57. The number of hydrogen-bond acceptors (Lipinski definition) is 8. The van der Waals surface area contributed by atoms with Crippen LogP contribution in [-0.4, -0.2) is 32.9 Å². The van der Waals surface area contributed by atoms with Crippen LogP contribution in [0.2, 0.25) is 0 Å². The number of nitrogens with two attached hydrogens (primary N) is 2. The summed E-state index contributed by atoms with van der Waals surface area (Å²) in [5, 5.41) is 0. The Labute approximate surface area is 137 Å². The largest absolute Gasteiger partial charge is 0.612 e. The van der Waals surface area contributed by atoms with Gasteiger partial charge in [0.05, 0.1) is 19.0 Å². The highest BCUT2D eigenvalue weighted by molar-refractivity contribution is 7.90. The Hall–Kier alpha value is -2.26. The fourth-order valence-electron chi connectivity index (χ4n) is 1.92. The van der Waals surface area contributed by atoms with E-state index in [2.05, 4.69) is 15.0 Å². The third kappa shape index (κ3) is 3.74. The number of anilines is 2. The Balaban J connectivity index is 2.52. The monoisotopic (exact) mass is 337 g/mol. The number of rotatable bonds is 5. The molecule has 0 saturated carbocycles. The van der Waals surface area contributed by atoms with Crippen LogP contribution in [0, 0.1) is 0 Å². The van der Waals surface area contributed by atoms with Crippen LogP contribution in [0.15, 0.2) is 17.2 Å². The van der Waals surface area contributed by atoms with Crippen LogP contribution >= 0.6 is 0 Å². The molecular weight excluding hydrogens is 318 g/mol. The summed E-state index contributed by atoms with van der Waals surface area (Å²) in [6.45, 7) is 3.92. The van der Waals surface area contributed by atoms with Gasteiger partial charge in [0.1, 0.15) is 6.26 Å². The van der Waals surface area contributed by atoms with Crippen molar-refractivity contribution in [2.75, 3.05) is 24.8 Å². The molecule has 0 spiro atoms. The second kappa shape index (κ2) is 6.88. The molecule has 124 valence electrons. The van der Waals surface area contributed by atoms with Crippen molar-refractivity contribution < 1.29 is 14.0 Å². The molecule has 0 aliphatic carbocycles. The highest BCUT2D eigenvalue weighted by Gasteiger charge is 2.22. The third-order valence-electron chi connectivity index (χ3n) is 3.02. The van der Waals surface area contributed by atoms with Crippen molar-refractivity contribution in [1.82, 2.24) is 15.0 Å². The molecule has 0 fully saturated rings. The van der Waals surface area contributed by atoms with Gasteiger partial charge in [-0.05, 0) is 17.1 Å². The fraction of sp³-hybridized carbons (Fsp3) is 0.357. The maximum absolute atomic E-state index is 11.9. The van der Waals surface area contributed by atoms with Gasteiger partial charge in [-0.15, -0.1) is 0 Å². The normalized spacial score (nSPS) is 12.3. The zero-order valence-corrected chi connectivity index (χ0v) is 14.2. The van der Waals surface area contributed by atoms with Crippen molar-refractivity contribution >= 4 is 22.9 Å². The van der Waals surface area contributed by atoms with Crippen molar-refractivity contribution in [3.05, 3.63) is 18.0 Å². The summed E-state index contributed by atoms with van der Waals surface area (Å²) in [7, 11) is 1.48. The Kier molecular flexibility index (Phi) is 5.12. The van der Waals surface area contributed by atoms with Crippen molar-refractivity contribution in [3.63, 3.8) is 0 Å². The number of aromatic nitrogens is 3. The number of ether oxygens (including phenoxy) is 2. The van der Waals surface area contributed by atoms with E-state index in [1.54, 1.807) is 12.3 Å². The molecule has 2 heterocycles. The van der Waals surface area contributed by atoms with Crippen LogP contribution in [0.25, 0.3) is 0 Å². The first-order valence-electron chi connectivity index (χ1n) is 6.81. The van der Waals surface area contributed by atoms with Crippen LogP contribution in [0.4, 0.5) is 11.8 Å². The minimum Gasteiger partial charge on any atom is -0.612 e. The first kappa shape index (κ1) is 17.1. The molecule has 2 rings (SSSR count). The second-order valence-corrected chi connectivity index (χ2v) is 6.42. The molecule has 0 aliphatic heterocycles. The molecule has 0 aromatic carbocycles. The smallest absolute Gasteiger partial charge is 0.270 e. The summed E-state index contributed by atoms with van der Waals surface area (Å²) in [5.74, 6) is 1.20. The number of nitrogens with zero attached hydrogens (tertiary/aromatic N) is 3. The molecule has 23 heavy (non-hydrogen) atoms.